The van der Waals surface area contributed by atoms with Gasteiger partial charge in [-0.3, -0.25) is 0 Å². The Bertz CT molecular complexity index is 541. The van der Waals surface area contributed by atoms with Crippen LogP contribution in [0.4, 0.5) is 0 Å². The van der Waals surface area contributed by atoms with E-state index in [1.807, 2.05) is 0 Å². The van der Waals surface area contributed by atoms with Crippen LogP contribution in [-0.2, 0) is 0 Å². The summed E-state index contributed by atoms with van der Waals surface area (Å²) in [6.07, 6.45) is 6.60. The Morgan fingerprint density at radius 3 is 1.57 bits per heavy atom. The monoisotopic (exact) mass is 280 g/mol. The maximum Gasteiger partial charge on any atom is -0.0224 e. The van der Waals surface area contributed by atoms with Crippen LogP contribution in [0.3, 0.4) is 0 Å². The van der Waals surface area contributed by atoms with Crippen molar-refractivity contribution in [2.24, 2.45) is 88.3 Å². The summed E-state index contributed by atoms with van der Waals surface area (Å²) in [5, 5.41) is 0. The van der Waals surface area contributed by atoms with E-state index in [2.05, 4.69) is 13.8 Å². The van der Waals surface area contributed by atoms with E-state index in [0.29, 0.717) is 0 Å². The third-order valence-corrected chi connectivity index (χ3v) is 11.9. The van der Waals surface area contributed by atoms with Gasteiger partial charge in [-0.1, -0.05) is 13.8 Å². The molecule has 0 aromatic carbocycles. The first-order valence-electron chi connectivity index (χ1n) is 10.2. The minimum Gasteiger partial charge on any atom is -0.0619 e. The molecule has 8 fully saturated rings. The van der Waals surface area contributed by atoms with E-state index in [1.54, 1.807) is 25.7 Å². The van der Waals surface area contributed by atoms with Crippen molar-refractivity contribution in [2.45, 2.75) is 39.5 Å². The fourth-order valence-electron chi connectivity index (χ4n) is 12.8. The van der Waals surface area contributed by atoms with E-state index in [-0.39, 0.29) is 0 Å². The van der Waals surface area contributed by atoms with E-state index in [9.17, 15) is 0 Å². The summed E-state index contributed by atoms with van der Waals surface area (Å²) in [4.78, 5) is 0. The molecule has 112 valence electrons. The van der Waals surface area contributed by atoms with Crippen LogP contribution >= 0.6 is 0 Å². The van der Waals surface area contributed by atoms with Crippen LogP contribution in [0.25, 0.3) is 0 Å². The molecule has 8 aliphatic rings. The molecular formula is C21H28. The Morgan fingerprint density at radius 2 is 1.05 bits per heavy atom. The van der Waals surface area contributed by atoms with Gasteiger partial charge in [0.1, 0.15) is 0 Å². The Labute approximate surface area is 128 Å². The zero-order chi connectivity index (χ0) is 13.4. The molecule has 0 N–H and O–H groups in total. The van der Waals surface area contributed by atoms with Gasteiger partial charge in [0.15, 0.2) is 0 Å². The van der Waals surface area contributed by atoms with Gasteiger partial charge in [0, 0.05) is 0 Å². The third-order valence-electron chi connectivity index (χ3n) is 11.9. The first-order chi connectivity index (χ1) is 10.2. The van der Waals surface area contributed by atoms with Crippen LogP contribution in [0.1, 0.15) is 39.5 Å². The molecule has 0 heterocycles. The van der Waals surface area contributed by atoms with Crippen molar-refractivity contribution >= 4 is 0 Å². The molecule has 12 unspecified atom stereocenters. The van der Waals surface area contributed by atoms with Crippen molar-refractivity contribution in [3.05, 3.63) is 0 Å². The summed E-state index contributed by atoms with van der Waals surface area (Å²) in [6.45, 7) is 5.58. The van der Waals surface area contributed by atoms with Gasteiger partial charge in [0.2, 0.25) is 0 Å². The smallest absolute Gasteiger partial charge is 0.0224 e. The van der Waals surface area contributed by atoms with Gasteiger partial charge < -0.3 is 0 Å². The van der Waals surface area contributed by atoms with Gasteiger partial charge in [-0.05, 0) is 114 Å². The summed E-state index contributed by atoms with van der Waals surface area (Å²) in [7, 11) is 0. The molecule has 0 heteroatoms. The minimum absolute atomic E-state index is 0.848. The van der Waals surface area contributed by atoms with Crippen molar-refractivity contribution in [2.75, 3.05) is 0 Å². The van der Waals surface area contributed by atoms with Crippen LogP contribution in [0.15, 0.2) is 0 Å². The van der Waals surface area contributed by atoms with E-state index in [4.69, 9.17) is 0 Å². The lowest BCUT2D eigenvalue weighted by Gasteiger charge is -2.35. The molecule has 0 bridgehead atoms. The fourth-order valence-corrected chi connectivity index (χ4v) is 12.8. The molecule has 12 atom stereocenters. The Balaban J connectivity index is 1.52. The molecule has 0 spiro atoms. The Morgan fingerprint density at radius 1 is 0.571 bits per heavy atom. The summed E-state index contributed by atoms with van der Waals surface area (Å²) < 4.78 is 0. The highest BCUT2D eigenvalue weighted by Crippen LogP contribution is 2.92. The zero-order valence-electron chi connectivity index (χ0n) is 13.4. The second-order valence-corrected chi connectivity index (χ2v) is 11.1. The normalized spacial score (nSPS) is 86.0. The van der Waals surface area contributed by atoms with Crippen molar-refractivity contribution in [1.82, 2.24) is 0 Å². The molecule has 8 saturated carbocycles. The number of hydrogen-bond acceptors (Lipinski definition) is 0. The van der Waals surface area contributed by atoms with Gasteiger partial charge in [-0.2, -0.15) is 0 Å². The lowest BCUT2D eigenvalue weighted by Crippen LogP contribution is -2.30. The van der Waals surface area contributed by atoms with Crippen molar-refractivity contribution in [3.63, 3.8) is 0 Å². The first-order valence-corrected chi connectivity index (χ1v) is 10.2. The maximum absolute atomic E-state index is 2.85. The molecule has 0 nitrogen and oxygen atoms in total. The molecular weight excluding hydrogens is 252 g/mol. The van der Waals surface area contributed by atoms with Crippen LogP contribution in [-0.4, -0.2) is 0 Å². The molecule has 0 amide bonds. The van der Waals surface area contributed by atoms with Gasteiger partial charge in [-0.15, -0.1) is 0 Å². The van der Waals surface area contributed by atoms with E-state index in [0.717, 1.165) is 11.3 Å². The van der Waals surface area contributed by atoms with Gasteiger partial charge in [0.05, 0.1) is 0 Å². The summed E-state index contributed by atoms with van der Waals surface area (Å²) in [6, 6.07) is 0. The number of fused-ring (bicyclic) bond motifs is 4. The standard InChI is InChI=1S/C21H28/c1-7-12-8-3-5-10-14(8)19-16(12)17-13(7)9-4-6-11-15(9)20(17)21(19,2)18(10)11/h7-20H,3-6H2,1-2H3. The predicted molar refractivity (Wildman–Crippen MR) is 81.1 cm³/mol. The average molecular weight is 280 g/mol. The SMILES string of the molecule is CC1C2C3CCC4C3C3C2C2C1C1CCC5C1C2C3(C)C45. The molecule has 0 aliphatic heterocycles. The molecule has 21 heavy (non-hydrogen) atoms. The van der Waals surface area contributed by atoms with Gasteiger partial charge in [-0.25, -0.2) is 0 Å². The fraction of sp³-hybridized carbons (Fsp3) is 1.00. The van der Waals surface area contributed by atoms with E-state index in [1.165, 1.54) is 76.9 Å². The lowest BCUT2D eigenvalue weighted by atomic mass is 9.69. The van der Waals surface area contributed by atoms with Crippen LogP contribution < -0.4 is 0 Å². The summed E-state index contributed by atoms with van der Waals surface area (Å²) >= 11 is 0. The van der Waals surface area contributed by atoms with Crippen LogP contribution in [0.5, 0.6) is 0 Å². The quantitative estimate of drug-likeness (QED) is 0.620. The third kappa shape index (κ3) is 0.703. The molecule has 8 rings (SSSR count). The lowest BCUT2D eigenvalue weighted by molar-refractivity contribution is 0.123. The summed E-state index contributed by atoms with van der Waals surface area (Å²) in [5.41, 5.74) is 0.848. The molecule has 0 aromatic heterocycles. The second-order valence-electron chi connectivity index (χ2n) is 11.1. The van der Waals surface area contributed by atoms with Crippen LogP contribution in [0, 0.1) is 88.3 Å². The number of hydrogen-bond donors (Lipinski definition) is 0. The van der Waals surface area contributed by atoms with Crippen molar-refractivity contribution < 1.29 is 0 Å². The highest BCUT2D eigenvalue weighted by molar-refractivity contribution is 5.35. The molecule has 0 saturated heterocycles. The molecule has 0 aromatic rings. The largest absolute Gasteiger partial charge is 0.0619 e. The molecule has 0 radical (unpaired) electrons. The molecule has 8 aliphatic carbocycles. The highest BCUT2D eigenvalue weighted by Gasteiger charge is 2.88. The van der Waals surface area contributed by atoms with Gasteiger partial charge >= 0.3 is 0 Å². The average Bonchev–Trinajstić information content (AvgIpc) is 3.16. The Kier molecular flexibility index (Phi) is 1.36. The highest BCUT2D eigenvalue weighted by atomic mass is 14.9. The van der Waals surface area contributed by atoms with E-state index >= 15 is 0 Å². The Hall–Kier alpha value is 0. The first kappa shape index (κ1) is 10.7. The van der Waals surface area contributed by atoms with Gasteiger partial charge in [0.25, 0.3) is 0 Å². The zero-order valence-corrected chi connectivity index (χ0v) is 13.4. The van der Waals surface area contributed by atoms with Crippen molar-refractivity contribution in [3.8, 4) is 0 Å². The topological polar surface area (TPSA) is 0 Å². The van der Waals surface area contributed by atoms with Crippen LogP contribution in [0.2, 0.25) is 0 Å². The van der Waals surface area contributed by atoms with Crippen molar-refractivity contribution in [1.29, 1.82) is 0 Å². The maximum atomic E-state index is 2.85. The predicted octanol–water partition coefficient (Wildman–Crippen LogP) is 4.31. The second kappa shape index (κ2) is 2.67. The number of rotatable bonds is 0. The summed E-state index contributed by atoms with van der Waals surface area (Å²) in [5.74, 6) is 16.9. The van der Waals surface area contributed by atoms with E-state index < -0.39 is 0 Å². The minimum atomic E-state index is 0.848.